The predicted octanol–water partition coefficient (Wildman–Crippen LogP) is 4.96. The lowest BCUT2D eigenvalue weighted by atomic mass is 9.91. The van der Waals surface area contributed by atoms with Crippen molar-refractivity contribution in [3.8, 4) is 34.6 Å². The number of anilines is 1. The van der Waals surface area contributed by atoms with Crippen molar-refractivity contribution in [1.29, 1.82) is 0 Å². The van der Waals surface area contributed by atoms with Crippen molar-refractivity contribution in [2.24, 2.45) is 0 Å². The molecule has 10 rings (SSSR count). The van der Waals surface area contributed by atoms with Gasteiger partial charge in [0.05, 0.1) is 36.0 Å². The number of hydrogen-bond acceptors (Lipinski definition) is 14. The van der Waals surface area contributed by atoms with Crippen LogP contribution in [0.5, 0.6) is 11.6 Å². The standard InChI is InChI=1S/C46H49N9O7/c1-28-3-10-40(43(56)48-28)55-45(57)36-7-5-31(25-37(36)46(55)58)54-21-19-53(20-22-54)18-17-52-15-12-32(13-16-52)60-34-26-35(27-34)61-33-6-9-38-29(23-33)4-8-39(49-38)42-50-44(62-51-42)30-11-14-47-41(24-30)59-2/h4-9,11,14,23-25,32,34-35,40H,1,3,10,12-13,15-22,26-27H2,2H3,(H,48,56). The Kier molecular flexibility index (Phi) is 10.9. The summed E-state index contributed by atoms with van der Waals surface area (Å²) < 4.78 is 23.6. The molecule has 3 aromatic heterocycles. The van der Waals surface area contributed by atoms with Gasteiger partial charge in [-0.2, -0.15) is 4.98 Å². The topological polar surface area (TPSA) is 169 Å². The largest absolute Gasteiger partial charge is 0.490 e. The van der Waals surface area contributed by atoms with Gasteiger partial charge < -0.3 is 33.9 Å². The molecule has 0 radical (unpaired) electrons. The summed E-state index contributed by atoms with van der Waals surface area (Å²) in [5.41, 5.74) is 4.44. The Morgan fingerprint density at radius 3 is 2.39 bits per heavy atom. The summed E-state index contributed by atoms with van der Waals surface area (Å²) in [5, 5.41) is 7.80. The van der Waals surface area contributed by atoms with Gasteiger partial charge in [-0.25, -0.2) is 9.97 Å². The number of methoxy groups -OCH3 is 1. The van der Waals surface area contributed by atoms with Crippen molar-refractivity contribution in [3.05, 3.63) is 90.3 Å². The fourth-order valence-corrected chi connectivity index (χ4v) is 9.11. The van der Waals surface area contributed by atoms with Crippen molar-refractivity contribution >= 4 is 34.3 Å². The van der Waals surface area contributed by atoms with E-state index < -0.39 is 17.9 Å². The Labute approximate surface area is 358 Å². The number of ether oxygens (including phenoxy) is 3. The lowest BCUT2D eigenvalue weighted by Crippen LogP contribution is -2.51. The molecule has 1 N–H and O–H groups in total. The molecule has 1 unspecified atom stereocenters. The second-order valence-corrected chi connectivity index (χ2v) is 16.8. The van der Waals surface area contributed by atoms with Gasteiger partial charge >= 0.3 is 0 Å². The van der Waals surface area contributed by atoms with Crippen LogP contribution in [-0.4, -0.2) is 136 Å². The third kappa shape index (κ3) is 8.12. The minimum atomic E-state index is -0.805. The van der Waals surface area contributed by atoms with E-state index in [0.717, 1.165) is 105 Å². The van der Waals surface area contributed by atoms with Crippen LogP contribution < -0.4 is 19.7 Å². The molecule has 320 valence electrons. The molecule has 7 heterocycles. The Morgan fingerprint density at radius 1 is 0.806 bits per heavy atom. The first kappa shape index (κ1) is 39.9. The maximum atomic E-state index is 13.4. The number of fused-ring (bicyclic) bond motifs is 2. The number of carbonyl (C=O) groups is 3. The summed E-state index contributed by atoms with van der Waals surface area (Å²) in [5.74, 6) is 0.909. The van der Waals surface area contributed by atoms with Crippen LogP contribution >= 0.6 is 0 Å². The molecule has 4 fully saturated rings. The summed E-state index contributed by atoms with van der Waals surface area (Å²) in [6.07, 6.45) is 7.06. The number of piperazine rings is 1. The van der Waals surface area contributed by atoms with E-state index in [9.17, 15) is 14.4 Å². The quantitative estimate of drug-likeness (QED) is 0.168. The molecule has 0 bridgehead atoms. The molecule has 3 amide bonds. The minimum Gasteiger partial charge on any atom is -0.490 e. The molecule has 16 nitrogen and oxygen atoms in total. The van der Waals surface area contributed by atoms with Gasteiger partial charge in [0.25, 0.3) is 17.7 Å². The number of nitrogens with zero attached hydrogens (tertiary/aromatic N) is 8. The van der Waals surface area contributed by atoms with Gasteiger partial charge in [0.1, 0.15) is 23.6 Å². The molecule has 1 aliphatic carbocycles. The Bertz CT molecular complexity index is 2520. The number of carbonyl (C=O) groups excluding carboxylic acids is 3. The van der Waals surface area contributed by atoms with E-state index in [1.165, 1.54) is 0 Å². The van der Waals surface area contributed by atoms with E-state index in [-0.39, 0.29) is 24.2 Å². The Balaban J connectivity index is 0.630. The zero-order valence-corrected chi connectivity index (χ0v) is 34.7. The molecule has 5 aromatic rings. The number of piperidine rings is 2. The number of likely N-dealkylation sites (tertiary alicyclic amines) is 1. The fraction of sp³-hybridized carbons (Fsp3) is 0.413. The van der Waals surface area contributed by atoms with Crippen LogP contribution in [0.1, 0.15) is 59.2 Å². The molecule has 16 heteroatoms. The van der Waals surface area contributed by atoms with Gasteiger partial charge in [-0.15, -0.1) is 0 Å². The SMILES string of the molecule is C=C1CCC(N2C(=O)c3ccc(N4CCN(CCN5CCC(OC6CC(Oc7ccc8nc(-c9noc(-c%10ccnc(OC)c%10)n9)ccc8c7)C6)CC5)CC4)cc3C2=O)C(=O)N1. The van der Waals surface area contributed by atoms with Crippen LogP contribution in [0.25, 0.3) is 33.9 Å². The highest BCUT2D eigenvalue weighted by molar-refractivity contribution is 6.23. The number of aromatic nitrogens is 4. The van der Waals surface area contributed by atoms with Crippen molar-refractivity contribution in [1.82, 2.24) is 40.1 Å². The van der Waals surface area contributed by atoms with Gasteiger partial charge in [-0.3, -0.25) is 24.2 Å². The van der Waals surface area contributed by atoms with E-state index in [2.05, 4.69) is 41.7 Å². The number of amides is 3. The number of allylic oxidation sites excluding steroid dienone is 1. The normalized spacial score (nSPS) is 22.5. The van der Waals surface area contributed by atoms with E-state index in [4.69, 9.17) is 23.7 Å². The smallest absolute Gasteiger partial charge is 0.262 e. The second-order valence-electron chi connectivity index (χ2n) is 16.8. The minimum absolute atomic E-state index is 0.132. The van der Waals surface area contributed by atoms with E-state index in [0.29, 0.717) is 58.5 Å². The van der Waals surface area contributed by atoms with Crippen molar-refractivity contribution in [2.75, 3.05) is 64.4 Å². The number of nitrogens with one attached hydrogen (secondary N) is 1. The van der Waals surface area contributed by atoms with Crippen molar-refractivity contribution in [3.63, 3.8) is 0 Å². The van der Waals surface area contributed by atoms with E-state index in [1.807, 2.05) is 42.5 Å². The summed E-state index contributed by atoms with van der Waals surface area (Å²) in [7, 11) is 1.56. The van der Waals surface area contributed by atoms with Gasteiger partial charge in [0, 0.05) is 99.8 Å². The van der Waals surface area contributed by atoms with Crippen LogP contribution in [0.4, 0.5) is 5.69 Å². The second kappa shape index (κ2) is 16.9. The van der Waals surface area contributed by atoms with E-state index >= 15 is 0 Å². The summed E-state index contributed by atoms with van der Waals surface area (Å²) in [4.78, 5) is 61.0. The van der Waals surface area contributed by atoms with E-state index in [1.54, 1.807) is 31.5 Å². The Hall–Kier alpha value is -6.23. The molecule has 4 aliphatic heterocycles. The first-order chi connectivity index (χ1) is 30.2. The molecule has 2 aromatic carbocycles. The molecule has 1 saturated carbocycles. The Morgan fingerprint density at radius 2 is 1.60 bits per heavy atom. The number of imide groups is 1. The van der Waals surface area contributed by atoms with Gasteiger partial charge in [0.2, 0.25) is 17.6 Å². The zero-order chi connectivity index (χ0) is 42.3. The number of rotatable bonds is 12. The molecule has 1 atom stereocenters. The lowest BCUT2D eigenvalue weighted by Gasteiger charge is -2.40. The lowest BCUT2D eigenvalue weighted by molar-refractivity contribution is -0.125. The molecule has 5 aliphatic rings. The first-order valence-corrected chi connectivity index (χ1v) is 21.5. The highest BCUT2D eigenvalue weighted by atomic mass is 16.5. The number of hydrogen-bond donors (Lipinski definition) is 1. The summed E-state index contributed by atoms with van der Waals surface area (Å²) >= 11 is 0. The third-order valence-corrected chi connectivity index (χ3v) is 12.8. The van der Waals surface area contributed by atoms with Crippen molar-refractivity contribution < 1.29 is 33.1 Å². The first-order valence-electron chi connectivity index (χ1n) is 21.5. The van der Waals surface area contributed by atoms with Gasteiger partial charge in [-0.1, -0.05) is 17.8 Å². The van der Waals surface area contributed by atoms with Crippen LogP contribution in [0.3, 0.4) is 0 Å². The molecule has 3 saturated heterocycles. The highest BCUT2D eigenvalue weighted by Gasteiger charge is 2.44. The monoisotopic (exact) mass is 839 g/mol. The average molecular weight is 840 g/mol. The molecule has 0 spiro atoms. The predicted molar refractivity (Wildman–Crippen MR) is 229 cm³/mol. The molecular formula is C46H49N9O7. The third-order valence-electron chi connectivity index (χ3n) is 12.8. The van der Waals surface area contributed by atoms with Gasteiger partial charge in [0.15, 0.2) is 0 Å². The average Bonchev–Trinajstić information content (AvgIpc) is 3.88. The maximum absolute atomic E-state index is 13.4. The maximum Gasteiger partial charge on any atom is 0.262 e. The summed E-state index contributed by atoms with van der Waals surface area (Å²) in [6.45, 7) is 11.5. The van der Waals surface area contributed by atoms with Crippen LogP contribution in [-0.2, 0) is 9.53 Å². The number of benzene rings is 2. The van der Waals surface area contributed by atoms with Crippen LogP contribution in [0.2, 0.25) is 0 Å². The van der Waals surface area contributed by atoms with Crippen LogP contribution in [0, 0.1) is 0 Å². The fourth-order valence-electron chi connectivity index (χ4n) is 9.11. The highest BCUT2D eigenvalue weighted by Crippen LogP contribution is 2.34. The van der Waals surface area contributed by atoms with Gasteiger partial charge in [-0.05, 0) is 74.2 Å². The van der Waals surface area contributed by atoms with Crippen molar-refractivity contribution in [2.45, 2.75) is 62.9 Å². The summed E-state index contributed by atoms with van der Waals surface area (Å²) in [6, 6.07) is 18.0. The van der Waals surface area contributed by atoms with Crippen LogP contribution in [0.15, 0.2) is 83.7 Å². The number of pyridine rings is 2. The molecule has 62 heavy (non-hydrogen) atoms. The zero-order valence-electron chi connectivity index (χ0n) is 34.7. The molecular weight excluding hydrogens is 791 g/mol.